The van der Waals surface area contributed by atoms with Crippen LogP contribution in [-0.2, 0) is 4.79 Å². The number of para-hydroxylation sites is 1. The molecule has 0 spiro atoms. The molecule has 0 fully saturated rings. The van der Waals surface area contributed by atoms with E-state index in [1.54, 1.807) is 0 Å². The van der Waals surface area contributed by atoms with Crippen LogP contribution in [0, 0.1) is 16.0 Å². The normalized spacial score (nSPS) is 12.0. The van der Waals surface area contributed by atoms with Gasteiger partial charge < -0.3 is 10.4 Å². The largest absolute Gasteiger partial charge is 0.480 e. The molecule has 0 saturated heterocycles. The van der Waals surface area contributed by atoms with Crippen molar-refractivity contribution in [2.45, 2.75) is 26.3 Å². The van der Waals surface area contributed by atoms with Crippen LogP contribution in [0.4, 0.5) is 5.69 Å². The molecule has 0 aliphatic rings. The number of carbonyl (C=O) groups is 2. The highest BCUT2D eigenvalue weighted by Gasteiger charge is 2.27. The van der Waals surface area contributed by atoms with E-state index in [1.807, 2.05) is 13.8 Å². The Labute approximate surface area is 126 Å². The number of nitro benzene ring substituents is 1. The number of carboxylic acid groups (broad SMARTS) is 1. The summed E-state index contributed by atoms with van der Waals surface area (Å²) in [7, 11) is 0. The van der Waals surface area contributed by atoms with Gasteiger partial charge in [-0.1, -0.05) is 31.5 Å². The van der Waals surface area contributed by atoms with Crippen molar-refractivity contribution in [2.75, 3.05) is 0 Å². The summed E-state index contributed by atoms with van der Waals surface area (Å²) in [5, 5.41) is 22.2. The Morgan fingerprint density at radius 3 is 2.52 bits per heavy atom. The molecule has 1 atom stereocenters. The maximum Gasteiger partial charge on any atom is 0.326 e. The van der Waals surface area contributed by atoms with Gasteiger partial charge in [-0.15, -0.1) is 0 Å². The van der Waals surface area contributed by atoms with Gasteiger partial charge in [-0.25, -0.2) is 4.79 Å². The van der Waals surface area contributed by atoms with Crippen LogP contribution in [0.25, 0.3) is 0 Å². The number of halogens is 1. The highest BCUT2D eigenvalue weighted by molar-refractivity contribution is 6.33. The van der Waals surface area contributed by atoms with Gasteiger partial charge in [0.15, 0.2) is 0 Å². The highest BCUT2D eigenvalue weighted by Crippen LogP contribution is 2.28. The van der Waals surface area contributed by atoms with E-state index in [0.29, 0.717) is 0 Å². The standard InChI is InChI=1S/C13H15ClN2O5/c1-7(2)6-10(13(18)19)15-12(17)8-4-3-5-9(14)11(8)16(20)21/h3-5,7,10H,6H2,1-2H3,(H,15,17)(H,18,19)/t10-/m0/s1. The molecule has 21 heavy (non-hydrogen) atoms. The van der Waals surface area contributed by atoms with Crippen molar-refractivity contribution >= 4 is 29.2 Å². The Morgan fingerprint density at radius 1 is 1.43 bits per heavy atom. The monoisotopic (exact) mass is 314 g/mol. The lowest BCUT2D eigenvalue weighted by atomic mass is 10.0. The first-order valence-corrected chi connectivity index (χ1v) is 6.58. The smallest absolute Gasteiger partial charge is 0.326 e. The summed E-state index contributed by atoms with van der Waals surface area (Å²) < 4.78 is 0. The number of nitrogens with zero attached hydrogens (tertiary/aromatic N) is 1. The topological polar surface area (TPSA) is 110 Å². The molecule has 1 aromatic rings. The Kier molecular flexibility index (Phi) is 5.66. The van der Waals surface area contributed by atoms with Crippen molar-refractivity contribution in [3.8, 4) is 0 Å². The lowest BCUT2D eigenvalue weighted by Gasteiger charge is -2.16. The minimum Gasteiger partial charge on any atom is -0.480 e. The van der Waals surface area contributed by atoms with Crippen LogP contribution >= 0.6 is 11.6 Å². The van der Waals surface area contributed by atoms with Crippen LogP contribution in [0.5, 0.6) is 0 Å². The average Bonchev–Trinajstić information content (AvgIpc) is 2.36. The van der Waals surface area contributed by atoms with Crippen molar-refractivity contribution < 1.29 is 19.6 Å². The Morgan fingerprint density at radius 2 is 2.05 bits per heavy atom. The third-order valence-electron chi connectivity index (χ3n) is 2.72. The van der Waals surface area contributed by atoms with E-state index in [4.69, 9.17) is 16.7 Å². The zero-order valence-electron chi connectivity index (χ0n) is 11.5. The molecule has 0 radical (unpaired) electrons. The van der Waals surface area contributed by atoms with Crippen LogP contribution in [0.3, 0.4) is 0 Å². The number of amides is 1. The first kappa shape index (κ1) is 16.9. The zero-order valence-corrected chi connectivity index (χ0v) is 12.3. The second-order valence-corrected chi connectivity index (χ2v) is 5.29. The van der Waals surface area contributed by atoms with E-state index < -0.39 is 28.5 Å². The molecule has 0 aromatic heterocycles. The summed E-state index contributed by atoms with van der Waals surface area (Å²) in [6.45, 7) is 3.62. The van der Waals surface area contributed by atoms with E-state index in [9.17, 15) is 19.7 Å². The number of hydrogen-bond donors (Lipinski definition) is 2. The number of hydrogen-bond acceptors (Lipinski definition) is 4. The summed E-state index contributed by atoms with van der Waals surface area (Å²) in [5.41, 5.74) is -0.798. The van der Waals surface area contributed by atoms with E-state index in [1.165, 1.54) is 18.2 Å². The predicted octanol–water partition coefficient (Wildman–Crippen LogP) is 2.48. The molecule has 0 aliphatic heterocycles. The highest BCUT2D eigenvalue weighted by atomic mass is 35.5. The quantitative estimate of drug-likeness (QED) is 0.619. The minimum absolute atomic E-state index is 0.0424. The van der Waals surface area contributed by atoms with Gasteiger partial charge in [0.25, 0.3) is 5.91 Å². The Hall–Kier alpha value is -2.15. The number of carbonyl (C=O) groups excluding carboxylic acids is 1. The molecule has 0 bridgehead atoms. The molecule has 1 amide bonds. The lowest BCUT2D eigenvalue weighted by molar-refractivity contribution is -0.385. The SMILES string of the molecule is CC(C)C[C@H](NC(=O)c1cccc(Cl)c1[N+](=O)[O-])C(=O)O. The third-order valence-corrected chi connectivity index (χ3v) is 3.03. The summed E-state index contributed by atoms with van der Waals surface area (Å²) in [6.07, 6.45) is 0.218. The first-order valence-electron chi connectivity index (χ1n) is 6.20. The van der Waals surface area contributed by atoms with Crippen molar-refractivity contribution in [3.05, 3.63) is 38.9 Å². The van der Waals surface area contributed by atoms with Crippen molar-refractivity contribution in [2.24, 2.45) is 5.92 Å². The fourth-order valence-corrected chi connectivity index (χ4v) is 2.06. The van der Waals surface area contributed by atoms with Crippen LogP contribution in [0.1, 0.15) is 30.6 Å². The molecule has 7 nitrogen and oxygen atoms in total. The summed E-state index contributed by atoms with van der Waals surface area (Å²) in [5.74, 6) is -1.99. The molecular formula is C13H15ClN2O5. The second-order valence-electron chi connectivity index (χ2n) is 4.89. The molecule has 1 rings (SSSR count). The molecule has 2 N–H and O–H groups in total. The number of nitro groups is 1. The summed E-state index contributed by atoms with van der Waals surface area (Å²) in [6, 6.07) is 2.80. The fourth-order valence-electron chi connectivity index (χ4n) is 1.81. The molecule has 0 unspecified atom stereocenters. The molecule has 0 saturated carbocycles. The molecule has 0 heterocycles. The molecular weight excluding hydrogens is 300 g/mol. The maximum atomic E-state index is 12.1. The molecule has 114 valence electrons. The van der Waals surface area contributed by atoms with Gasteiger partial charge in [0.1, 0.15) is 16.6 Å². The zero-order chi connectivity index (χ0) is 16.2. The van der Waals surface area contributed by atoms with Crippen LogP contribution in [0.15, 0.2) is 18.2 Å². The van der Waals surface area contributed by atoms with E-state index in [0.717, 1.165) is 0 Å². The van der Waals surface area contributed by atoms with Gasteiger partial charge in [0, 0.05) is 0 Å². The van der Waals surface area contributed by atoms with Gasteiger partial charge in [0.05, 0.1) is 4.92 Å². The van der Waals surface area contributed by atoms with Gasteiger partial charge >= 0.3 is 11.7 Å². The maximum absolute atomic E-state index is 12.1. The number of nitrogens with one attached hydrogen (secondary N) is 1. The summed E-state index contributed by atoms with van der Waals surface area (Å²) >= 11 is 5.71. The molecule has 0 aliphatic carbocycles. The van der Waals surface area contributed by atoms with Crippen LogP contribution in [-0.4, -0.2) is 27.9 Å². The minimum atomic E-state index is -1.19. The van der Waals surface area contributed by atoms with Gasteiger partial charge in [0.2, 0.25) is 0 Å². The number of benzene rings is 1. The summed E-state index contributed by atoms with van der Waals surface area (Å²) in [4.78, 5) is 33.4. The average molecular weight is 315 g/mol. The Bertz CT molecular complexity index is 574. The number of aliphatic carboxylic acids is 1. The lowest BCUT2D eigenvalue weighted by Crippen LogP contribution is -2.41. The predicted molar refractivity (Wildman–Crippen MR) is 76.5 cm³/mol. The van der Waals surface area contributed by atoms with Crippen molar-refractivity contribution in [3.63, 3.8) is 0 Å². The third kappa shape index (κ3) is 4.42. The van der Waals surface area contributed by atoms with E-state index >= 15 is 0 Å². The number of rotatable bonds is 6. The fraction of sp³-hybridized carbons (Fsp3) is 0.385. The van der Waals surface area contributed by atoms with Gasteiger partial charge in [-0.05, 0) is 24.5 Å². The van der Waals surface area contributed by atoms with E-state index in [-0.39, 0.29) is 22.9 Å². The number of carboxylic acids is 1. The van der Waals surface area contributed by atoms with Gasteiger partial charge in [-0.3, -0.25) is 14.9 Å². The molecule has 8 heteroatoms. The molecule has 1 aromatic carbocycles. The second kappa shape index (κ2) is 7.03. The van der Waals surface area contributed by atoms with E-state index in [2.05, 4.69) is 5.32 Å². The van der Waals surface area contributed by atoms with Crippen molar-refractivity contribution in [1.82, 2.24) is 5.32 Å². The van der Waals surface area contributed by atoms with Crippen molar-refractivity contribution in [1.29, 1.82) is 0 Å². The first-order chi connectivity index (χ1) is 9.73. The van der Waals surface area contributed by atoms with Crippen LogP contribution in [0.2, 0.25) is 5.02 Å². The Balaban J connectivity index is 3.06. The van der Waals surface area contributed by atoms with Gasteiger partial charge in [-0.2, -0.15) is 0 Å². The van der Waals surface area contributed by atoms with Crippen LogP contribution < -0.4 is 5.32 Å².